The molecule has 2 N–H and O–H groups in total. The fourth-order valence-corrected chi connectivity index (χ4v) is 2.09. The molecule has 2 aromatic rings. The van der Waals surface area contributed by atoms with Crippen LogP contribution in [0.15, 0.2) is 48.5 Å². The van der Waals surface area contributed by atoms with Crippen LogP contribution in [0.2, 0.25) is 0 Å². The molecule has 1 atom stereocenters. The molecule has 0 heterocycles. The van der Waals surface area contributed by atoms with Crippen molar-refractivity contribution in [1.82, 2.24) is 0 Å². The Morgan fingerprint density at radius 3 is 1.78 bits per heavy atom. The number of hydrogen-bond donors (Lipinski definition) is 1. The van der Waals surface area contributed by atoms with Crippen molar-refractivity contribution in [2.45, 2.75) is 32.7 Å². The molecule has 1 heteroatoms. The van der Waals surface area contributed by atoms with Gasteiger partial charge in [0.2, 0.25) is 0 Å². The summed E-state index contributed by atoms with van der Waals surface area (Å²) < 4.78 is 0. The lowest BCUT2D eigenvalue weighted by Crippen LogP contribution is -2.07. The Morgan fingerprint density at radius 2 is 1.33 bits per heavy atom. The Labute approximate surface area is 110 Å². The van der Waals surface area contributed by atoms with E-state index in [1.807, 2.05) is 0 Å². The zero-order valence-electron chi connectivity index (χ0n) is 11.2. The molecule has 0 aliphatic carbocycles. The molecule has 0 aromatic heterocycles. The molecule has 2 rings (SSSR count). The van der Waals surface area contributed by atoms with Gasteiger partial charge in [0, 0.05) is 6.04 Å². The molecule has 2 aromatic carbocycles. The molecule has 1 unspecified atom stereocenters. The van der Waals surface area contributed by atoms with E-state index in [1.54, 1.807) is 0 Å². The summed E-state index contributed by atoms with van der Waals surface area (Å²) in [5, 5.41) is 0. The highest BCUT2D eigenvalue weighted by atomic mass is 14.6. The lowest BCUT2D eigenvalue weighted by atomic mass is 9.99. The van der Waals surface area contributed by atoms with Crippen molar-refractivity contribution in [2.24, 2.45) is 5.73 Å². The maximum atomic E-state index is 6.02. The van der Waals surface area contributed by atoms with Crippen LogP contribution < -0.4 is 5.73 Å². The molecule has 0 aliphatic heterocycles. The third kappa shape index (κ3) is 2.80. The summed E-state index contributed by atoms with van der Waals surface area (Å²) >= 11 is 0. The van der Waals surface area contributed by atoms with Crippen LogP contribution >= 0.6 is 0 Å². The first kappa shape index (κ1) is 12.8. The van der Waals surface area contributed by atoms with E-state index in [1.165, 1.54) is 22.3 Å². The Bertz CT molecular complexity index is 482. The SMILES string of the molecule is CCc1ccc(-c2ccc(C(N)CC)cc2)cc1. The van der Waals surface area contributed by atoms with Crippen molar-refractivity contribution in [3.8, 4) is 11.1 Å². The molecule has 18 heavy (non-hydrogen) atoms. The molecule has 0 spiro atoms. The third-order valence-corrected chi connectivity index (χ3v) is 3.47. The van der Waals surface area contributed by atoms with E-state index in [-0.39, 0.29) is 6.04 Å². The van der Waals surface area contributed by atoms with Gasteiger partial charge in [-0.15, -0.1) is 0 Å². The zero-order valence-corrected chi connectivity index (χ0v) is 11.2. The van der Waals surface area contributed by atoms with Crippen LogP contribution in [-0.2, 0) is 6.42 Å². The first-order valence-electron chi connectivity index (χ1n) is 6.69. The summed E-state index contributed by atoms with van der Waals surface area (Å²) in [6.45, 7) is 4.29. The van der Waals surface area contributed by atoms with E-state index in [2.05, 4.69) is 62.4 Å². The van der Waals surface area contributed by atoms with Crippen LogP contribution in [0.3, 0.4) is 0 Å². The van der Waals surface area contributed by atoms with Gasteiger partial charge in [0.25, 0.3) is 0 Å². The van der Waals surface area contributed by atoms with Crippen molar-refractivity contribution in [3.63, 3.8) is 0 Å². The molecule has 0 aliphatic rings. The van der Waals surface area contributed by atoms with Crippen LogP contribution in [0, 0.1) is 0 Å². The fourth-order valence-electron chi connectivity index (χ4n) is 2.09. The molecule has 0 fully saturated rings. The highest BCUT2D eigenvalue weighted by molar-refractivity contribution is 5.64. The Kier molecular flexibility index (Phi) is 4.16. The molecule has 0 bridgehead atoms. The van der Waals surface area contributed by atoms with Crippen LogP contribution in [0.1, 0.15) is 37.4 Å². The maximum Gasteiger partial charge on any atom is 0.0292 e. The van der Waals surface area contributed by atoms with Gasteiger partial charge in [-0.3, -0.25) is 0 Å². The quantitative estimate of drug-likeness (QED) is 0.844. The minimum absolute atomic E-state index is 0.154. The van der Waals surface area contributed by atoms with Crippen molar-refractivity contribution in [2.75, 3.05) is 0 Å². The van der Waals surface area contributed by atoms with Crippen LogP contribution in [0.25, 0.3) is 11.1 Å². The van der Waals surface area contributed by atoms with E-state index < -0.39 is 0 Å². The van der Waals surface area contributed by atoms with E-state index in [0.29, 0.717) is 0 Å². The summed E-state index contributed by atoms with van der Waals surface area (Å²) in [7, 11) is 0. The highest BCUT2D eigenvalue weighted by Gasteiger charge is 2.03. The van der Waals surface area contributed by atoms with Crippen LogP contribution in [0.4, 0.5) is 0 Å². The summed E-state index contributed by atoms with van der Waals surface area (Å²) in [5.74, 6) is 0. The van der Waals surface area contributed by atoms with E-state index >= 15 is 0 Å². The van der Waals surface area contributed by atoms with E-state index in [0.717, 1.165) is 12.8 Å². The predicted octanol–water partition coefficient (Wildman–Crippen LogP) is 4.33. The smallest absolute Gasteiger partial charge is 0.0292 e. The van der Waals surface area contributed by atoms with Gasteiger partial charge in [0.15, 0.2) is 0 Å². The number of rotatable bonds is 4. The summed E-state index contributed by atoms with van der Waals surface area (Å²) in [6, 6.07) is 17.5. The first-order chi connectivity index (χ1) is 8.74. The number of aryl methyl sites for hydroxylation is 1. The number of benzene rings is 2. The van der Waals surface area contributed by atoms with Gasteiger partial charge >= 0.3 is 0 Å². The average Bonchev–Trinajstić information content (AvgIpc) is 2.47. The van der Waals surface area contributed by atoms with Crippen molar-refractivity contribution in [1.29, 1.82) is 0 Å². The minimum atomic E-state index is 0.154. The first-order valence-corrected chi connectivity index (χ1v) is 6.69. The summed E-state index contributed by atoms with van der Waals surface area (Å²) in [5.41, 5.74) is 11.1. The van der Waals surface area contributed by atoms with Crippen molar-refractivity contribution < 1.29 is 0 Å². The van der Waals surface area contributed by atoms with Gasteiger partial charge in [-0.1, -0.05) is 62.4 Å². The summed E-state index contributed by atoms with van der Waals surface area (Å²) in [6.07, 6.45) is 2.06. The predicted molar refractivity (Wildman–Crippen MR) is 78.5 cm³/mol. The number of hydrogen-bond acceptors (Lipinski definition) is 1. The molecule has 0 saturated heterocycles. The largest absolute Gasteiger partial charge is 0.324 e. The second-order valence-corrected chi connectivity index (χ2v) is 4.69. The monoisotopic (exact) mass is 239 g/mol. The molecule has 0 saturated carbocycles. The van der Waals surface area contributed by atoms with Gasteiger partial charge in [-0.05, 0) is 35.1 Å². The Hall–Kier alpha value is -1.60. The standard InChI is InChI=1S/C17H21N/c1-3-13-5-7-14(8-6-13)15-9-11-16(12-10-15)17(18)4-2/h5-12,17H,3-4,18H2,1-2H3. The Morgan fingerprint density at radius 1 is 0.833 bits per heavy atom. The zero-order chi connectivity index (χ0) is 13.0. The number of nitrogens with two attached hydrogens (primary N) is 1. The second kappa shape index (κ2) is 5.83. The fraction of sp³-hybridized carbons (Fsp3) is 0.294. The van der Waals surface area contributed by atoms with E-state index in [9.17, 15) is 0 Å². The van der Waals surface area contributed by atoms with Crippen molar-refractivity contribution in [3.05, 3.63) is 59.7 Å². The molecule has 1 nitrogen and oxygen atoms in total. The van der Waals surface area contributed by atoms with E-state index in [4.69, 9.17) is 5.73 Å². The lowest BCUT2D eigenvalue weighted by Gasteiger charge is -2.10. The van der Waals surface area contributed by atoms with Crippen molar-refractivity contribution >= 4 is 0 Å². The third-order valence-electron chi connectivity index (χ3n) is 3.47. The molecule has 94 valence electrons. The lowest BCUT2D eigenvalue weighted by molar-refractivity contribution is 0.699. The average molecular weight is 239 g/mol. The Balaban J connectivity index is 2.22. The topological polar surface area (TPSA) is 26.0 Å². The van der Waals surface area contributed by atoms with Crippen LogP contribution in [-0.4, -0.2) is 0 Å². The summed E-state index contributed by atoms with van der Waals surface area (Å²) in [4.78, 5) is 0. The van der Waals surface area contributed by atoms with Gasteiger partial charge in [0.05, 0.1) is 0 Å². The highest BCUT2D eigenvalue weighted by Crippen LogP contribution is 2.22. The van der Waals surface area contributed by atoms with Crippen LogP contribution in [0.5, 0.6) is 0 Å². The normalized spacial score (nSPS) is 12.4. The maximum absolute atomic E-state index is 6.02. The van der Waals surface area contributed by atoms with Gasteiger partial charge in [0.1, 0.15) is 0 Å². The molecular formula is C17H21N. The second-order valence-electron chi connectivity index (χ2n) is 4.69. The molecular weight excluding hydrogens is 218 g/mol. The minimum Gasteiger partial charge on any atom is -0.324 e. The van der Waals surface area contributed by atoms with Gasteiger partial charge < -0.3 is 5.73 Å². The molecule has 0 amide bonds. The van der Waals surface area contributed by atoms with Gasteiger partial charge in [-0.25, -0.2) is 0 Å². The molecule has 0 radical (unpaired) electrons. The van der Waals surface area contributed by atoms with Gasteiger partial charge in [-0.2, -0.15) is 0 Å².